The van der Waals surface area contributed by atoms with E-state index in [2.05, 4.69) is 23.3 Å². The summed E-state index contributed by atoms with van der Waals surface area (Å²) in [7, 11) is 1.35. The topological polar surface area (TPSA) is 47.6 Å². The smallest absolute Gasteiger partial charge is 0.493 e. The second-order valence-electron chi connectivity index (χ2n) is 7.85. The molecular weight excluding hydrogens is 495 g/mol. The number of unbranched alkanes of at least 4 members (excludes halogenated alkanes) is 1. The van der Waals surface area contributed by atoms with Gasteiger partial charge in [-0.25, -0.2) is 4.21 Å². The monoisotopic (exact) mass is 533 g/mol. The van der Waals surface area contributed by atoms with Crippen LogP contribution in [0, 0.1) is 0 Å². The highest BCUT2D eigenvalue weighted by atomic mass is 32.2. The number of thioether (sulfide) groups is 1. The summed E-state index contributed by atoms with van der Waals surface area (Å²) in [6.45, 7) is 10.3. The maximum Gasteiger partial charge on any atom is 0.508 e. The lowest BCUT2D eigenvalue weighted by molar-refractivity contribution is -0.0438. The first-order chi connectivity index (χ1) is 16.7. The summed E-state index contributed by atoms with van der Waals surface area (Å²) >= 11 is -1.86. The van der Waals surface area contributed by atoms with Crippen molar-refractivity contribution in [2.45, 2.75) is 82.3 Å². The Labute approximate surface area is 215 Å². The van der Waals surface area contributed by atoms with Gasteiger partial charge in [-0.1, -0.05) is 76.9 Å². The third kappa shape index (κ3) is 9.69. The van der Waals surface area contributed by atoms with Crippen molar-refractivity contribution in [1.29, 1.82) is 0 Å². The molecule has 1 unspecified atom stereocenters. The lowest BCUT2D eigenvalue weighted by Crippen LogP contribution is -2.47. The maximum absolute atomic E-state index is 12.6. The van der Waals surface area contributed by atoms with E-state index in [1.807, 2.05) is 57.2 Å². The Balaban J connectivity index is 0.000000654. The van der Waals surface area contributed by atoms with Gasteiger partial charge in [0.25, 0.3) is 0 Å². The summed E-state index contributed by atoms with van der Waals surface area (Å²) in [5.74, 6) is 0.775. The van der Waals surface area contributed by atoms with Crippen LogP contribution in [-0.4, -0.2) is 28.1 Å². The van der Waals surface area contributed by atoms with E-state index in [-0.39, 0.29) is 23.1 Å². The summed E-state index contributed by atoms with van der Waals surface area (Å²) in [5.41, 5.74) is -4.05. The van der Waals surface area contributed by atoms with Gasteiger partial charge in [-0.15, -0.1) is 11.8 Å². The van der Waals surface area contributed by atoms with E-state index in [4.69, 9.17) is 4.74 Å². The number of hydrogen-bond donors (Lipinski definition) is 1. The number of alkyl halides is 3. The van der Waals surface area contributed by atoms with Crippen LogP contribution in [0.25, 0.3) is 0 Å². The predicted molar refractivity (Wildman–Crippen MR) is 140 cm³/mol. The molecule has 1 N–H and O–H groups in total. The van der Waals surface area contributed by atoms with E-state index in [1.165, 1.54) is 13.2 Å². The minimum absolute atomic E-state index is 0.00266. The number of benzene rings is 2. The average molecular weight is 534 g/mol. The summed E-state index contributed by atoms with van der Waals surface area (Å²) in [4.78, 5) is 0.816. The average Bonchev–Trinajstić information content (AvgIpc) is 3.00. The minimum Gasteiger partial charge on any atom is -0.493 e. The van der Waals surface area contributed by atoms with E-state index in [1.54, 1.807) is 17.8 Å². The van der Waals surface area contributed by atoms with E-state index in [0.29, 0.717) is 0 Å². The highest BCUT2D eigenvalue weighted by Gasteiger charge is 2.41. The van der Waals surface area contributed by atoms with E-state index >= 15 is 0 Å². The molecule has 35 heavy (non-hydrogen) atoms. The van der Waals surface area contributed by atoms with Gasteiger partial charge in [0.2, 0.25) is 0 Å². The summed E-state index contributed by atoms with van der Waals surface area (Å²) in [5, 5.41) is 3.71. The fourth-order valence-corrected chi connectivity index (χ4v) is 5.44. The molecule has 1 aliphatic heterocycles. The van der Waals surface area contributed by atoms with Gasteiger partial charge in [0.15, 0.2) is 11.5 Å². The van der Waals surface area contributed by atoms with Crippen LogP contribution >= 0.6 is 11.8 Å². The van der Waals surface area contributed by atoms with Crippen molar-refractivity contribution in [2.24, 2.45) is 0 Å². The molecule has 0 aromatic heterocycles. The third-order valence-corrected chi connectivity index (χ3v) is 7.57. The molecule has 0 fully saturated rings. The molecule has 0 saturated carbocycles. The Kier molecular flexibility index (Phi) is 13.8. The fourth-order valence-electron chi connectivity index (χ4n) is 3.59. The zero-order valence-corrected chi connectivity index (χ0v) is 23.0. The normalized spacial score (nSPS) is 20.1. The first kappa shape index (κ1) is 31.3. The molecule has 0 amide bonds. The fraction of sp³-hybridized carbons (Fsp3) is 0.538. The lowest BCUT2D eigenvalue weighted by atomic mass is 9.90. The molecule has 0 aliphatic carbocycles. The number of halogens is 3. The second kappa shape index (κ2) is 15.4. The Morgan fingerprint density at radius 2 is 1.66 bits per heavy atom. The van der Waals surface area contributed by atoms with Crippen LogP contribution in [-0.2, 0) is 11.1 Å². The van der Waals surface area contributed by atoms with Crippen LogP contribution in [0.3, 0.4) is 0 Å². The number of ether oxygens (including phenoxy) is 1. The van der Waals surface area contributed by atoms with E-state index in [9.17, 15) is 17.4 Å². The molecule has 0 saturated heterocycles. The van der Waals surface area contributed by atoms with Crippen molar-refractivity contribution >= 4 is 22.8 Å². The maximum atomic E-state index is 12.6. The molecule has 4 nitrogen and oxygen atoms in total. The minimum atomic E-state index is -4.95. The number of nitrogens with one attached hydrogen (secondary N) is 1. The zero-order chi connectivity index (χ0) is 26.5. The summed E-state index contributed by atoms with van der Waals surface area (Å²) < 4.78 is 59.1. The van der Waals surface area contributed by atoms with Crippen molar-refractivity contribution in [3.8, 4) is 11.5 Å². The molecule has 3 atom stereocenters. The van der Waals surface area contributed by atoms with Crippen LogP contribution in [0.5, 0.6) is 11.5 Å². The van der Waals surface area contributed by atoms with Crippen molar-refractivity contribution in [3.63, 3.8) is 0 Å². The highest BCUT2D eigenvalue weighted by molar-refractivity contribution is 7.99. The summed E-state index contributed by atoms with van der Waals surface area (Å²) in [6.07, 6.45) is 4.19. The van der Waals surface area contributed by atoms with Gasteiger partial charge in [-0.2, -0.15) is 13.2 Å². The third-order valence-electron chi connectivity index (χ3n) is 5.50. The van der Waals surface area contributed by atoms with Gasteiger partial charge >= 0.3 is 16.6 Å². The SMILES string of the molecule is CC.CCCC[C@]1(CC)CSc2cc(OS(=O)C(F)(F)F)c(OC)cc2[C@@H](C)N1.c1ccccc1. The zero-order valence-electron chi connectivity index (χ0n) is 21.4. The van der Waals surface area contributed by atoms with Gasteiger partial charge in [-0.3, -0.25) is 0 Å². The van der Waals surface area contributed by atoms with Gasteiger partial charge < -0.3 is 14.2 Å². The van der Waals surface area contributed by atoms with Crippen LogP contribution in [0.4, 0.5) is 13.2 Å². The molecule has 2 aromatic carbocycles. The largest absolute Gasteiger partial charge is 0.508 e. The van der Waals surface area contributed by atoms with Crippen LogP contribution in [0.15, 0.2) is 53.4 Å². The standard InChI is InChI=1S/C18H26F3NO3S2.C6H6.C2H6/c1-5-7-8-17(6-2)11-26-16-10-15(25-27(23)18(19,20)21)14(24-4)9-13(16)12(3)22-17;1-2-4-6-5-3-1;1-2/h9-10,12,22H,5-8,11H2,1-4H3;1-6H;1-2H3/t12-,17-,27?;;/m1../s1. The van der Waals surface area contributed by atoms with E-state index < -0.39 is 16.6 Å². The Morgan fingerprint density at radius 1 is 1.09 bits per heavy atom. The number of rotatable bonds is 7. The van der Waals surface area contributed by atoms with Crippen LogP contribution in [0.1, 0.15) is 71.9 Å². The highest BCUT2D eigenvalue weighted by Crippen LogP contribution is 2.44. The first-order valence-corrected chi connectivity index (χ1v) is 14.0. The van der Waals surface area contributed by atoms with Crippen molar-refractivity contribution in [3.05, 3.63) is 54.1 Å². The second-order valence-corrected chi connectivity index (χ2v) is 9.97. The number of fused-ring (bicyclic) bond motifs is 1. The molecule has 1 aliphatic rings. The molecule has 2 aromatic rings. The Hall–Kier alpha value is -1.71. The predicted octanol–water partition coefficient (Wildman–Crippen LogP) is 8.07. The molecule has 3 rings (SSSR count). The summed E-state index contributed by atoms with van der Waals surface area (Å²) in [6, 6.07) is 15.2. The van der Waals surface area contributed by atoms with Crippen molar-refractivity contribution < 1.29 is 26.3 Å². The van der Waals surface area contributed by atoms with E-state index in [0.717, 1.165) is 41.9 Å². The van der Waals surface area contributed by atoms with Gasteiger partial charge in [0, 0.05) is 22.2 Å². The Morgan fingerprint density at radius 3 is 2.11 bits per heavy atom. The molecule has 9 heteroatoms. The molecule has 1 heterocycles. The molecule has 0 radical (unpaired) electrons. The first-order valence-electron chi connectivity index (χ1n) is 11.9. The lowest BCUT2D eigenvalue weighted by Gasteiger charge is -2.34. The molecule has 0 spiro atoms. The van der Waals surface area contributed by atoms with Crippen molar-refractivity contribution in [2.75, 3.05) is 12.9 Å². The van der Waals surface area contributed by atoms with Gasteiger partial charge in [0.1, 0.15) is 0 Å². The molecule has 0 bridgehead atoms. The molecule has 198 valence electrons. The molecular formula is C26H38F3NO3S2. The Bertz CT molecular complexity index is 871. The number of methoxy groups -OCH3 is 1. The quantitative estimate of drug-likeness (QED) is 0.390. The van der Waals surface area contributed by atoms with Gasteiger partial charge in [0.05, 0.1) is 7.11 Å². The van der Waals surface area contributed by atoms with Gasteiger partial charge in [-0.05, 0) is 37.5 Å². The van der Waals surface area contributed by atoms with Crippen LogP contribution < -0.4 is 14.2 Å². The van der Waals surface area contributed by atoms with Crippen LogP contribution in [0.2, 0.25) is 0 Å². The number of hydrogen-bond acceptors (Lipinski definition) is 5. The van der Waals surface area contributed by atoms with Crippen molar-refractivity contribution in [1.82, 2.24) is 5.32 Å².